The fourth-order valence-electron chi connectivity index (χ4n) is 2.53. The molecule has 1 amide bonds. The highest BCUT2D eigenvalue weighted by atomic mass is 16.5. The molecule has 0 bridgehead atoms. The fraction of sp³-hybridized carbons (Fsp3) is 0.500. The Hall–Kier alpha value is -1.75. The first-order valence-electron chi connectivity index (χ1n) is 6.67. The summed E-state index contributed by atoms with van der Waals surface area (Å²) >= 11 is 0. The molecule has 4 N–H and O–H groups in total. The van der Waals surface area contributed by atoms with Crippen molar-refractivity contribution < 1.29 is 9.53 Å². The summed E-state index contributed by atoms with van der Waals surface area (Å²) < 4.78 is 5.63. The van der Waals surface area contributed by atoms with Crippen molar-refractivity contribution in [1.29, 1.82) is 0 Å². The maximum atomic E-state index is 11.5. The lowest BCUT2D eigenvalue weighted by atomic mass is 10.0. The number of anilines is 2. The van der Waals surface area contributed by atoms with Crippen LogP contribution in [0.4, 0.5) is 11.4 Å². The van der Waals surface area contributed by atoms with Crippen LogP contribution in [0.5, 0.6) is 0 Å². The van der Waals surface area contributed by atoms with E-state index >= 15 is 0 Å². The molecule has 1 aromatic rings. The molecule has 0 spiro atoms. The second-order valence-electron chi connectivity index (χ2n) is 4.78. The highest BCUT2D eigenvalue weighted by molar-refractivity contribution is 5.99. The van der Waals surface area contributed by atoms with Crippen LogP contribution in [0.3, 0.4) is 0 Å². The number of nitrogens with two attached hydrogens (primary N) is 2. The van der Waals surface area contributed by atoms with Gasteiger partial charge in [0.1, 0.15) is 0 Å². The van der Waals surface area contributed by atoms with Gasteiger partial charge in [0.2, 0.25) is 0 Å². The number of nitrogen functional groups attached to an aromatic ring is 1. The second kappa shape index (κ2) is 5.93. The van der Waals surface area contributed by atoms with Crippen LogP contribution >= 0.6 is 0 Å². The molecule has 0 aromatic heterocycles. The minimum Gasteiger partial charge on any atom is -0.399 e. The summed E-state index contributed by atoms with van der Waals surface area (Å²) in [6, 6.07) is 5.32. The van der Waals surface area contributed by atoms with Crippen LogP contribution in [0, 0.1) is 0 Å². The number of hydrogen-bond donors (Lipinski definition) is 2. The van der Waals surface area contributed by atoms with Gasteiger partial charge in [-0.2, -0.15) is 0 Å². The molecule has 1 saturated heterocycles. The van der Waals surface area contributed by atoms with Gasteiger partial charge in [-0.1, -0.05) is 0 Å². The van der Waals surface area contributed by atoms with Crippen LogP contribution in [-0.4, -0.2) is 31.7 Å². The molecule has 5 heteroatoms. The molecular formula is C14H21N3O2. The lowest BCUT2D eigenvalue weighted by Crippen LogP contribution is -2.38. The van der Waals surface area contributed by atoms with Crippen molar-refractivity contribution in [2.24, 2.45) is 5.73 Å². The summed E-state index contributed by atoms with van der Waals surface area (Å²) in [4.78, 5) is 13.7. The number of piperidine rings is 1. The van der Waals surface area contributed by atoms with Gasteiger partial charge in [0.25, 0.3) is 5.91 Å². The molecule has 1 fully saturated rings. The molecule has 0 saturated carbocycles. The molecule has 0 atom stereocenters. The van der Waals surface area contributed by atoms with Crippen molar-refractivity contribution in [2.45, 2.75) is 25.9 Å². The SMILES string of the molecule is CCOC1CCN(c2ccc(N)cc2C(N)=O)CC1. The molecule has 5 nitrogen and oxygen atoms in total. The third kappa shape index (κ3) is 3.17. The van der Waals surface area contributed by atoms with E-state index in [1.54, 1.807) is 12.1 Å². The van der Waals surface area contributed by atoms with Crippen LogP contribution in [-0.2, 0) is 4.74 Å². The summed E-state index contributed by atoms with van der Waals surface area (Å²) in [6.07, 6.45) is 2.26. The highest BCUT2D eigenvalue weighted by Gasteiger charge is 2.22. The quantitative estimate of drug-likeness (QED) is 0.804. The smallest absolute Gasteiger partial charge is 0.250 e. The Bertz CT molecular complexity index is 454. The van der Waals surface area contributed by atoms with Gasteiger partial charge in [0.05, 0.1) is 11.7 Å². The largest absolute Gasteiger partial charge is 0.399 e. The lowest BCUT2D eigenvalue weighted by Gasteiger charge is -2.34. The lowest BCUT2D eigenvalue weighted by molar-refractivity contribution is 0.0459. The van der Waals surface area contributed by atoms with E-state index in [-0.39, 0.29) is 0 Å². The topological polar surface area (TPSA) is 81.6 Å². The monoisotopic (exact) mass is 263 g/mol. The van der Waals surface area contributed by atoms with Crippen molar-refractivity contribution in [2.75, 3.05) is 30.3 Å². The molecule has 1 aliphatic heterocycles. The van der Waals surface area contributed by atoms with Crippen LogP contribution < -0.4 is 16.4 Å². The number of nitrogens with zero attached hydrogens (tertiary/aromatic N) is 1. The number of hydrogen-bond acceptors (Lipinski definition) is 4. The number of ether oxygens (including phenoxy) is 1. The van der Waals surface area contributed by atoms with E-state index < -0.39 is 5.91 Å². The van der Waals surface area contributed by atoms with Crippen molar-refractivity contribution in [3.63, 3.8) is 0 Å². The zero-order valence-electron chi connectivity index (χ0n) is 11.3. The van der Waals surface area contributed by atoms with Gasteiger partial charge < -0.3 is 21.1 Å². The minimum absolute atomic E-state index is 0.326. The van der Waals surface area contributed by atoms with Crippen LogP contribution in [0.25, 0.3) is 0 Å². The van der Waals surface area contributed by atoms with Gasteiger partial charge in [0.15, 0.2) is 0 Å². The fourth-order valence-corrected chi connectivity index (χ4v) is 2.53. The summed E-state index contributed by atoms with van der Waals surface area (Å²) in [6.45, 7) is 4.50. The van der Waals surface area contributed by atoms with Crippen molar-refractivity contribution >= 4 is 17.3 Å². The number of amides is 1. The molecule has 1 aliphatic rings. The third-order valence-corrected chi connectivity index (χ3v) is 3.47. The summed E-state index contributed by atoms with van der Waals surface area (Å²) in [5, 5.41) is 0. The number of primary amides is 1. The predicted molar refractivity (Wildman–Crippen MR) is 76.2 cm³/mol. The Kier molecular flexibility index (Phi) is 4.27. The maximum absolute atomic E-state index is 11.5. The van der Waals surface area contributed by atoms with Gasteiger partial charge in [-0.3, -0.25) is 4.79 Å². The number of benzene rings is 1. The molecule has 1 aromatic carbocycles. The Morgan fingerprint density at radius 1 is 1.42 bits per heavy atom. The predicted octanol–water partition coefficient (Wildman–Crippen LogP) is 1.37. The van der Waals surface area contributed by atoms with Crippen molar-refractivity contribution in [1.82, 2.24) is 0 Å². The van der Waals surface area contributed by atoms with Crippen molar-refractivity contribution in [3.05, 3.63) is 23.8 Å². The molecular weight excluding hydrogens is 242 g/mol. The summed E-state index contributed by atoms with van der Waals surface area (Å²) in [5.41, 5.74) is 13.1. The molecule has 104 valence electrons. The van der Waals surface area contributed by atoms with E-state index in [1.807, 2.05) is 13.0 Å². The van der Waals surface area contributed by atoms with Gasteiger partial charge in [-0.15, -0.1) is 0 Å². The zero-order valence-corrected chi connectivity index (χ0v) is 11.3. The first-order chi connectivity index (χ1) is 9.11. The Balaban J connectivity index is 2.13. The average Bonchev–Trinajstić information content (AvgIpc) is 2.40. The summed E-state index contributed by atoms with van der Waals surface area (Å²) in [7, 11) is 0. The standard InChI is InChI=1S/C14H21N3O2/c1-2-19-11-5-7-17(8-6-11)13-4-3-10(15)9-12(13)14(16)18/h3-4,9,11H,2,5-8,15H2,1H3,(H2,16,18). The highest BCUT2D eigenvalue weighted by Crippen LogP contribution is 2.26. The molecule has 0 aliphatic carbocycles. The summed E-state index contributed by atoms with van der Waals surface area (Å²) in [5.74, 6) is -0.436. The van der Waals surface area contributed by atoms with E-state index in [4.69, 9.17) is 16.2 Å². The molecule has 2 rings (SSSR count). The minimum atomic E-state index is -0.436. The van der Waals surface area contributed by atoms with Crippen LogP contribution in [0.2, 0.25) is 0 Å². The van der Waals surface area contributed by atoms with Gasteiger partial charge in [-0.25, -0.2) is 0 Å². The van der Waals surface area contributed by atoms with E-state index in [1.165, 1.54) is 0 Å². The van der Waals surface area contributed by atoms with Gasteiger partial charge in [0, 0.05) is 31.1 Å². The molecule has 0 radical (unpaired) electrons. The van der Waals surface area contributed by atoms with E-state index in [2.05, 4.69) is 4.90 Å². The first-order valence-corrected chi connectivity index (χ1v) is 6.67. The number of carbonyl (C=O) groups is 1. The maximum Gasteiger partial charge on any atom is 0.250 e. The normalized spacial score (nSPS) is 16.6. The molecule has 0 unspecified atom stereocenters. The zero-order chi connectivity index (χ0) is 13.8. The third-order valence-electron chi connectivity index (χ3n) is 3.47. The van der Waals surface area contributed by atoms with Gasteiger partial charge >= 0.3 is 0 Å². The first kappa shape index (κ1) is 13.7. The van der Waals surface area contributed by atoms with Crippen LogP contribution in [0.1, 0.15) is 30.1 Å². The Morgan fingerprint density at radius 3 is 2.68 bits per heavy atom. The number of rotatable bonds is 4. The van der Waals surface area contributed by atoms with Crippen LogP contribution in [0.15, 0.2) is 18.2 Å². The van der Waals surface area contributed by atoms with E-state index in [9.17, 15) is 4.79 Å². The molecule has 19 heavy (non-hydrogen) atoms. The van der Waals surface area contributed by atoms with E-state index in [0.29, 0.717) is 17.4 Å². The number of carbonyl (C=O) groups excluding carboxylic acids is 1. The van der Waals surface area contributed by atoms with E-state index in [0.717, 1.165) is 38.2 Å². The Labute approximate surface area is 113 Å². The second-order valence-corrected chi connectivity index (χ2v) is 4.78. The Morgan fingerprint density at radius 2 is 2.11 bits per heavy atom. The molecule has 1 heterocycles. The average molecular weight is 263 g/mol. The van der Waals surface area contributed by atoms with Crippen molar-refractivity contribution in [3.8, 4) is 0 Å². The van der Waals surface area contributed by atoms with Gasteiger partial charge in [-0.05, 0) is 38.0 Å².